The predicted octanol–water partition coefficient (Wildman–Crippen LogP) is 1.15. The molecule has 2 aromatic rings. The van der Waals surface area contributed by atoms with Gasteiger partial charge in [-0.3, -0.25) is 4.79 Å². The molecule has 0 radical (unpaired) electrons. The topological polar surface area (TPSA) is 77.6 Å². The molecule has 7 heteroatoms. The largest absolute Gasteiger partial charge is 0.395 e. The van der Waals surface area contributed by atoms with Gasteiger partial charge in [0.25, 0.3) is 5.56 Å². The molecule has 0 saturated heterocycles. The summed E-state index contributed by atoms with van der Waals surface area (Å²) in [5.74, 6) is 0. The number of hydrogen-bond donors (Lipinski definition) is 3. The fourth-order valence-electron chi connectivity index (χ4n) is 2.43. The Morgan fingerprint density at radius 3 is 2.92 bits per heavy atom. The average Bonchev–Trinajstić information content (AvgIpc) is 2.55. The predicted molar refractivity (Wildman–Crippen MR) is 99.3 cm³/mol. The molecule has 0 fully saturated rings. The van der Waals surface area contributed by atoms with E-state index < -0.39 is 0 Å². The van der Waals surface area contributed by atoms with Crippen molar-refractivity contribution in [3.63, 3.8) is 0 Å². The Morgan fingerprint density at radius 2 is 2.21 bits per heavy atom. The number of rotatable bonds is 7. The highest BCUT2D eigenvalue weighted by Crippen LogP contribution is 2.14. The van der Waals surface area contributed by atoms with Crippen molar-refractivity contribution >= 4 is 28.2 Å². The van der Waals surface area contributed by atoms with Crippen molar-refractivity contribution in [3.8, 4) is 0 Å². The second-order valence-electron chi connectivity index (χ2n) is 5.58. The van der Waals surface area contributed by atoms with Crippen molar-refractivity contribution in [3.05, 3.63) is 45.7 Å². The van der Waals surface area contributed by atoms with Gasteiger partial charge in [0.2, 0.25) is 0 Å². The van der Waals surface area contributed by atoms with Crippen LogP contribution >= 0.6 is 12.2 Å². The van der Waals surface area contributed by atoms with Gasteiger partial charge in [-0.15, -0.1) is 0 Å². The fraction of sp³-hybridized carbons (Fsp3) is 0.412. The summed E-state index contributed by atoms with van der Waals surface area (Å²) < 4.78 is 4.98. The van der Waals surface area contributed by atoms with Crippen molar-refractivity contribution in [1.82, 2.24) is 15.2 Å². The lowest BCUT2D eigenvalue weighted by molar-refractivity contribution is 0.201. The zero-order valence-corrected chi connectivity index (χ0v) is 14.8. The van der Waals surface area contributed by atoms with Crippen LogP contribution in [-0.4, -0.2) is 53.5 Å². The zero-order chi connectivity index (χ0) is 17.5. The summed E-state index contributed by atoms with van der Waals surface area (Å²) in [6.07, 6.45) is 0. The first kappa shape index (κ1) is 18.4. The molecule has 1 aromatic heterocycles. The summed E-state index contributed by atoms with van der Waals surface area (Å²) in [4.78, 5) is 17.0. The smallest absolute Gasteiger partial charge is 0.253 e. The third kappa shape index (κ3) is 4.77. The number of methoxy groups -OCH3 is 1. The molecule has 0 spiro atoms. The molecule has 0 aliphatic heterocycles. The summed E-state index contributed by atoms with van der Waals surface area (Å²) in [7, 11) is 1.62. The third-order valence-corrected chi connectivity index (χ3v) is 4.08. The van der Waals surface area contributed by atoms with Crippen molar-refractivity contribution in [2.75, 3.05) is 33.4 Å². The van der Waals surface area contributed by atoms with Crippen molar-refractivity contribution in [2.45, 2.75) is 13.5 Å². The van der Waals surface area contributed by atoms with Crippen molar-refractivity contribution < 1.29 is 9.84 Å². The number of hydrogen-bond acceptors (Lipinski definition) is 4. The molecule has 0 saturated carbocycles. The summed E-state index contributed by atoms with van der Waals surface area (Å²) in [6, 6.07) is 7.81. The first-order valence-electron chi connectivity index (χ1n) is 7.80. The number of fused-ring (bicyclic) bond motifs is 1. The second kappa shape index (κ2) is 8.77. The zero-order valence-electron chi connectivity index (χ0n) is 14.0. The van der Waals surface area contributed by atoms with Crippen molar-refractivity contribution in [1.29, 1.82) is 0 Å². The Kier molecular flexibility index (Phi) is 6.72. The maximum absolute atomic E-state index is 12.3. The van der Waals surface area contributed by atoms with E-state index in [1.807, 2.05) is 31.2 Å². The van der Waals surface area contributed by atoms with Crippen LogP contribution < -0.4 is 10.9 Å². The number of H-pyrrole nitrogens is 1. The Bertz CT molecular complexity index is 760. The van der Waals surface area contributed by atoms with Gasteiger partial charge in [-0.05, 0) is 42.2 Å². The maximum atomic E-state index is 12.3. The first-order chi connectivity index (χ1) is 11.5. The Balaban J connectivity index is 2.20. The van der Waals surface area contributed by atoms with Crippen LogP contribution in [0.2, 0.25) is 0 Å². The number of benzene rings is 1. The van der Waals surface area contributed by atoms with E-state index >= 15 is 0 Å². The van der Waals surface area contributed by atoms with Crippen LogP contribution in [0.3, 0.4) is 0 Å². The number of aromatic nitrogens is 1. The molecule has 0 atom stereocenters. The number of aliphatic hydroxyl groups is 1. The lowest BCUT2D eigenvalue weighted by Gasteiger charge is -2.25. The molecule has 0 unspecified atom stereocenters. The molecule has 24 heavy (non-hydrogen) atoms. The molecule has 0 aliphatic rings. The molecule has 0 amide bonds. The van der Waals surface area contributed by atoms with E-state index in [2.05, 4.69) is 10.3 Å². The minimum atomic E-state index is -0.143. The van der Waals surface area contributed by atoms with Gasteiger partial charge >= 0.3 is 0 Å². The quantitative estimate of drug-likeness (QED) is 0.514. The monoisotopic (exact) mass is 349 g/mol. The lowest BCUT2D eigenvalue weighted by Crippen LogP contribution is -2.42. The number of ether oxygens (including phenoxy) is 1. The molecular formula is C17H23N3O3S. The Labute approximate surface area is 146 Å². The van der Waals surface area contributed by atoms with E-state index in [9.17, 15) is 9.90 Å². The summed E-state index contributed by atoms with van der Waals surface area (Å²) in [5.41, 5.74) is 2.38. The number of nitrogens with one attached hydrogen (secondary N) is 2. The molecule has 3 N–H and O–H groups in total. The fourth-order valence-corrected chi connectivity index (χ4v) is 2.69. The highest BCUT2D eigenvalue weighted by Gasteiger charge is 2.12. The van der Waals surface area contributed by atoms with Crippen molar-refractivity contribution in [2.24, 2.45) is 0 Å². The first-order valence-corrected chi connectivity index (χ1v) is 8.21. The number of aryl methyl sites for hydroxylation is 1. The van der Waals surface area contributed by atoms with E-state index in [-0.39, 0.29) is 12.2 Å². The Morgan fingerprint density at radius 1 is 1.42 bits per heavy atom. The minimum Gasteiger partial charge on any atom is -0.395 e. The van der Waals surface area contributed by atoms with Gasteiger partial charge in [-0.2, -0.15) is 0 Å². The van der Waals surface area contributed by atoms with Gasteiger partial charge in [0, 0.05) is 31.3 Å². The maximum Gasteiger partial charge on any atom is 0.253 e. The highest BCUT2D eigenvalue weighted by atomic mass is 32.1. The molecule has 0 bridgehead atoms. The normalized spacial score (nSPS) is 10.8. The molecule has 130 valence electrons. The van der Waals surface area contributed by atoms with E-state index in [1.54, 1.807) is 12.0 Å². The van der Waals surface area contributed by atoms with E-state index in [0.717, 1.165) is 16.5 Å². The lowest BCUT2D eigenvalue weighted by atomic mass is 10.1. The molecular weight excluding hydrogens is 326 g/mol. The van der Waals surface area contributed by atoms with Gasteiger partial charge in [0.05, 0.1) is 19.8 Å². The van der Waals surface area contributed by atoms with Crippen LogP contribution in [0.15, 0.2) is 29.1 Å². The van der Waals surface area contributed by atoms with E-state index in [4.69, 9.17) is 17.0 Å². The number of pyridine rings is 1. The Hall–Kier alpha value is -1.96. The van der Waals surface area contributed by atoms with Gasteiger partial charge < -0.3 is 25.0 Å². The molecule has 0 aliphatic carbocycles. The second-order valence-corrected chi connectivity index (χ2v) is 5.97. The van der Waals surface area contributed by atoms with E-state index in [1.165, 1.54) is 0 Å². The summed E-state index contributed by atoms with van der Waals surface area (Å²) in [5, 5.41) is 13.8. The standard InChI is InChI=1S/C17H23N3O3S/c1-12-3-4-13-10-14(16(22)19-15(13)9-12)11-20(6-7-21)17(24)18-5-8-23-2/h3-4,9-10,21H,5-8,11H2,1-2H3,(H,18,24)(H,19,22). The number of aromatic amines is 1. The third-order valence-electron chi connectivity index (χ3n) is 3.68. The SMILES string of the molecule is COCCNC(=S)N(CCO)Cc1cc2ccc(C)cc2[nH]c1=O. The molecule has 2 rings (SSSR count). The van der Waals surface area contributed by atoms with Gasteiger partial charge in [0.1, 0.15) is 0 Å². The van der Waals surface area contributed by atoms with Gasteiger partial charge in [-0.25, -0.2) is 0 Å². The molecule has 1 heterocycles. The van der Waals surface area contributed by atoms with Crippen LogP contribution in [0.25, 0.3) is 10.9 Å². The minimum absolute atomic E-state index is 0.0449. The van der Waals surface area contributed by atoms with Crippen LogP contribution in [0, 0.1) is 6.92 Å². The van der Waals surface area contributed by atoms with Crippen LogP contribution in [0.5, 0.6) is 0 Å². The van der Waals surface area contributed by atoms with Gasteiger partial charge in [0.15, 0.2) is 5.11 Å². The van der Waals surface area contributed by atoms with E-state index in [0.29, 0.717) is 36.9 Å². The van der Waals surface area contributed by atoms with Crippen LogP contribution in [0.1, 0.15) is 11.1 Å². The number of nitrogens with zero attached hydrogens (tertiary/aromatic N) is 1. The van der Waals surface area contributed by atoms with Crippen LogP contribution in [-0.2, 0) is 11.3 Å². The molecule has 6 nitrogen and oxygen atoms in total. The average molecular weight is 349 g/mol. The van der Waals surface area contributed by atoms with Crippen LogP contribution in [0.4, 0.5) is 0 Å². The summed E-state index contributed by atoms with van der Waals surface area (Å²) >= 11 is 5.35. The number of thiocarbonyl (C=S) groups is 1. The van der Waals surface area contributed by atoms with Gasteiger partial charge in [-0.1, -0.05) is 12.1 Å². The highest BCUT2D eigenvalue weighted by molar-refractivity contribution is 7.80. The summed E-state index contributed by atoms with van der Waals surface area (Å²) in [6.45, 7) is 3.73. The molecule has 1 aromatic carbocycles. The number of aliphatic hydroxyl groups excluding tert-OH is 1.